The summed E-state index contributed by atoms with van der Waals surface area (Å²) >= 11 is 6.54. The number of hydrogen-bond acceptors (Lipinski definition) is 2. The second-order valence-corrected chi connectivity index (χ2v) is 7.80. The van der Waals surface area contributed by atoms with Crippen LogP contribution in [0, 0.1) is 0 Å². The number of hydrogen-bond donors (Lipinski definition) is 1. The Morgan fingerprint density at radius 3 is 2.62 bits per heavy atom. The fourth-order valence-electron chi connectivity index (χ4n) is 4.56. The van der Waals surface area contributed by atoms with Gasteiger partial charge in [0.2, 0.25) is 0 Å². The van der Waals surface area contributed by atoms with Crippen molar-refractivity contribution in [1.29, 1.82) is 0 Å². The molecule has 0 bridgehead atoms. The Balaban J connectivity index is 1.63. The van der Waals surface area contributed by atoms with Gasteiger partial charge in [-0.15, -0.1) is 0 Å². The van der Waals surface area contributed by atoms with Crippen molar-refractivity contribution in [2.75, 3.05) is 19.6 Å². The first-order valence-electron chi connectivity index (χ1n) is 9.43. The van der Waals surface area contributed by atoms with E-state index in [2.05, 4.69) is 15.5 Å². The van der Waals surface area contributed by atoms with Gasteiger partial charge in [0.1, 0.15) is 0 Å². The molecular formula is C20H27ClN2O. The summed E-state index contributed by atoms with van der Waals surface area (Å²) in [5, 5.41) is 12.8. The van der Waals surface area contributed by atoms with Crippen molar-refractivity contribution in [3.05, 3.63) is 34.5 Å². The Morgan fingerprint density at radius 2 is 1.79 bits per heavy atom. The van der Waals surface area contributed by atoms with Crippen LogP contribution in [0.1, 0.15) is 43.4 Å². The van der Waals surface area contributed by atoms with Crippen LogP contribution in [0.5, 0.6) is 0 Å². The van der Waals surface area contributed by atoms with Gasteiger partial charge in [-0.05, 0) is 63.2 Å². The van der Waals surface area contributed by atoms with E-state index in [4.69, 9.17) is 11.6 Å². The van der Waals surface area contributed by atoms with Gasteiger partial charge in [0.15, 0.2) is 0 Å². The molecule has 0 spiro atoms. The summed E-state index contributed by atoms with van der Waals surface area (Å²) in [6, 6.07) is 6.22. The number of fused-ring (bicyclic) bond motifs is 3. The molecule has 1 fully saturated rings. The number of rotatable bonds is 4. The maximum absolute atomic E-state index is 10.7. The lowest BCUT2D eigenvalue weighted by molar-refractivity contribution is 0.0886. The third-order valence-electron chi connectivity index (χ3n) is 5.66. The van der Waals surface area contributed by atoms with Crippen LogP contribution in [0.25, 0.3) is 10.9 Å². The number of piperidine rings is 1. The van der Waals surface area contributed by atoms with Gasteiger partial charge in [0, 0.05) is 17.6 Å². The van der Waals surface area contributed by atoms with Crippen LogP contribution < -0.4 is 0 Å². The minimum absolute atomic E-state index is 0.332. The third kappa shape index (κ3) is 3.10. The summed E-state index contributed by atoms with van der Waals surface area (Å²) in [7, 11) is 0. The van der Waals surface area contributed by atoms with Crippen LogP contribution in [0.3, 0.4) is 0 Å². The average Bonchev–Trinajstić information content (AvgIpc) is 2.91. The summed E-state index contributed by atoms with van der Waals surface area (Å²) in [6.07, 6.45) is 8.27. The number of β-amino-alcohol motifs (C(OH)–C–C–N with tert-alkyl or cyclic N) is 1. The van der Waals surface area contributed by atoms with Gasteiger partial charge in [0.05, 0.1) is 23.2 Å². The molecule has 2 aliphatic rings. The van der Waals surface area contributed by atoms with E-state index < -0.39 is 0 Å². The molecule has 1 saturated heterocycles. The summed E-state index contributed by atoms with van der Waals surface area (Å²) in [6.45, 7) is 3.69. The number of aryl methyl sites for hydroxylation is 1. The van der Waals surface area contributed by atoms with Crippen LogP contribution >= 0.6 is 11.6 Å². The Labute approximate surface area is 149 Å². The van der Waals surface area contributed by atoms with Crippen molar-refractivity contribution in [1.82, 2.24) is 9.47 Å². The van der Waals surface area contributed by atoms with Gasteiger partial charge < -0.3 is 14.6 Å². The molecule has 1 atom stereocenters. The van der Waals surface area contributed by atoms with Crippen molar-refractivity contribution in [3.8, 4) is 0 Å². The van der Waals surface area contributed by atoms with E-state index in [1.807, 2.05) is 12.1 Å². The second-order valence-electron chi connectivity index (χ2n) is 7.39. The molecule has 1 unspecified atom stereocenters. The number of nitrogens with zero attached hydrogens (tertiary/aromatic N) is 2. The lowest BCUT2D eigenvalue weighted by Crippen LogP contribution is -2.38. The zero-order chi connectivity index (χ0) is 16.5. The highest BCUT2D eigenvalue weighted by atomic mass is 35.5. The zero-order valence-electron chi connectivity index (χ0n) is 14.3. The van der Waals surface area contributed by atoms with Crippen LogP contribution in [-0.2, 0) is 19.4 Å². The zero-order valence-corrected chi connectivity index (χ0v) is 15.1. The van der Waals surface area contributed by atoms with Gasteiger partial charge >= 0.3 is 0 Å². The highest BCUT2D eigenvalue weighted by molar-refractivity contribution is 6.35. The monoisotopic (exact) mass is 346 g/mol. The number of aliphatic hydroxyl groups is 1. The maximum Gasteiger partial charge on any atom is 0.0845 e. The standard InChI is InChI=1S/C20H27ClN2O/c21-18-9-6-8-17-16-7-2-3-10-19(16)23(20(17)18)14-15(24)13-22-11-4-1-5-12-22/h6,8-9,15,24H,1-5,7,10-14H2. The van der Waals surface area contributed by atoms with Crippen molar-refractivity contribution in [2.45, 2.75) is 57.6 Å². The van der Waals surface area contributed by atoms with E-state index >= 15 is 0 Å². The van der Waals surface area contributed by atoms with Crippen LogP contribution in [0.4, 0.5) is 0 Å². The fraction of sp³-hybridized carbons (Fsp3) is 0.600. The maximum atomic E-state index is 10.7. The molecule has 4 heteroatoms. The number of likely N-dealkylation sites (tertiary alicyclic amines) is 1. The molecule has 1 N–H and O–H groups in total. The number of aliphatic hydroxyl groups excluding tert-OH is 1. The Morgan fingerprint density at radius 1 is 1.00 bits per heavy atom. The summed E-state index contributed by atoms with van der Waals surface area (Å²) in [5.41, 5.74) is 4.00. The smallest absolute Gasteiger partial charge is 0.0845 e. The van der Waals surface area contributed by atoms with Crippen molar-refractivity contribution < 1.29 is 5.11 Å². The highest BCUT2D eigenvalue weighted by Crippen LogP contribution is 2.35. The molecule has 1 aliphatic carbocycles. The van der Waals surface area contributed by atoms with Gasteiger partial charge in [0.25, 0.3) is 0 Å². The predicted octanol–water partition coefficient (Wildman–Crippen LogP) is 4.02. The molecule has 0 amide bonds. The number of benzene rings is 1. The molecule has 130 valence electrons. The Hall–Kier alpha value is -1.03. The van der Waals surface area contributed by atoms with Crippen molar-refractivity contribution >= 4 is 22.5 Å². The predicted molar refractivity (Wildman–Crippen MR) is 99.9 cm³/mol. The molecule has 1 aromatic heterocycles. The minimum Gasteiger partial charge on any atom is -0.390 e. The molecule has 0 saturated carbocycles. The highest BCUT2D eigenvalue weighted by Gasteiger charge is 2.23. The van der Waals surface area contributed by atoms with Crippen molar-refractivity contribution in [2.24, 2.45) is 0 Å². The first-order valence-corrected chi connectivity index (χ1v) is 9.80. The molecule has 24 heavy (non-hydrogen) atoms. The van der Waals surface area contributed by atoms with E-state index in [0.29, 0.717) is 6.54 Å². The summed E-state index contributed by atoms with van der Waals surface area (Å²) < 4.78 is 2.32. The summed E-state index contributed by atoms with van der Waals surface area (Å²) in [4.78, 5) is 2.41. The largest absolute Gasteiger partial charge is 0.390 e. The first kappa shape index (κ1) is 16.4. The topological polar surface area (TPSA) is 28.4 Å². The van der Waals surface area contributed by atoms with E-state index in [9.17, 15) is 5.11 Å². The molecule has 1 aliphatic heterocycles. The quantitative estimate of drug-likeness (QED) is 0.905. The first-order chi connectivity index (χ1) is 11.7. The molecular weight excluding hydrogens is 320 g/mol. The summed E-state index contributed by atoms with van der Waals surface area (Å²) in [5.74, 6) is 0. The molecule has 4 rings (SSSR count). The molecule has 0 radical (unpaired) electrons. The van der Waals surface area contributed by atoms with Gasteiger partial charge in [-0.25, -0.2) is 0 Å². The third-order valence-corrected chi connectivity index (χ3v) is 5.96. The lowest BCUT2D eigenvalue weighted by atomic mass is 9.95. The Kier molecular flexibility index (Phi) is 4.84. The number of halogens is 1. The molecule has 1 aromatic carbocycles. The average molecular weight is 347 g/mol. The normalized spacial score (nSPS) is 20.2. The number of aromatic nitrogens is 1. The lowest BCUT2D eigenvalue weighted by Gasteiger charge is -2.29. The fourth-order valence-corrected chi connectivity index (χ4v) is 4.83. The van der Waals surface area contributed by atoms with Gasteiger partial charge in [-0.3, -0.25) is 0 Å². The molecule has 2 aromatic rings. The van der Waals surface area contributed by atoms with E-state index in [1.165, 1.54) is 48.7 Å². The SMILES string of the molecule is OC(CN1CCCCC1)Cn1c2c(c3cccc(Cl)c31)CCCC2. The van der Waals surface area contributed by atoms with Crippen LogP contribution in [0.15, 0.2) is 18.2 Å². The van der Waals surface area contributed by atoms with E-state index in [-0.39, 0.29) is 6.10 Å². The van der Waals surface area contributed by atoms with E-state index in [0.717, 1.165) is 43.0 Å². The van der Waals surface area contributed by atoms with Gasteiger partial charge in [-0.2, -0.15) is 0 Å². The van der Waals surface area contributed by atoms with Crippen LogP contribution in [0.2, 0.25) is 5.02 Å². The van der Waals surface area contributed by atoms with Crippen LogP contribution in [-0.4, -0.2) is 40.3 Å². The number of para-hydroxylation sites is 1. The van der Waals surface area contributed by atoms with E-state index in [1.54, 1.807) is 0 Å². The second kappa shape index (κ2) is 7.07. The van der Waals surface area contributed by atoms with Gasteiger partial charge in [-0.1, -0.05) is 30.2 Å². The van der Waals surface area contributed by atoms with Crippen molar-refractivity contribution in [3.63, 3.8) is 0 Å². The minimum atomic E-state index is -0.332. The molecule has 2 heterocycles. The molecule has 3 nitrogen and oxygen atoms in total. The Bertz CT molecular complexity index is 718.